The number of benzene rings is 3. The highest BCUT2D eigenvalue weighted by Crippen LogP contribution is 2.34. The normalized spacial score (nSPS) is 12.2. The van der Waals surface area contributed by atoms with Crippen molar-refractivity contribution >= 4 is 39.5 Å². The molecule has 1 heterocycles. The summed E-state index contributed by atoms with van der Waals surface area (Å²) in [5, 5.41) is 10.5. The zero-order valence-corrected chi connectivity index (χ0v) is 16.3. The molecular weight excluding hydrogens is 394 g/mol. The van der Waals surface area contributed by atoms with Gasteiger partial charge in [-0.3, -0.25) is 8.77 Å². The number of para-hydroxylation sites is 1. The van der Waals surface area contributed by atoms with Crippen molar-refractivity contribution in [3.05, 3.63) is 89.6 Å². The van der Waals surface area contributed by atoms with Crippen molar-refractivity contribution in [3.8, 4) is 11.1 Å². The van der Waals surface area contributed by atoms with Crippen LogP contribution in [0.3, 0.4) is 0 Å². The summed E-state index contributed by atoms with van der Waals surface area (Å²) in [6, 6.07) is 22.2. The Balaban J connectivity index is 1.89. The Hall–Kier alpha value is -2.89. The van der Waals surface area contributed by atoms with E-state index in [0.29, 0.717) is 15.5 Å². The van der Waals surface area contributed by atoms with Gasteiger partial charge in [0.2, 0.25) is 0 Å². The lowest BCUT2D eigenvalue weighted by Gasteiger charge is -2.05. The lowest BCUT2D eigenvalue weighted by atomic mass is 10.0. The molecule has 0 aliphatic rings. The lowest BCUT2D eigenvalue weighted by Crippen LogP contribution is -2.03. The highest BCUT2D eigenvalue weighted by atomic mass is 35.5. The van der Waals surface area contributed by atoms with E-state index >= 15 is 0 Å². The number of nitrogens with zero attached hydrogens (tertiary/aromatic N) is 1. The number of carboxylic acid groups (broad SMARTS) is 1. The predicted molar refractivity (Wildman–Crippen MR) is 112 cm³/mol. The van der Waals surface area contributed by atoms with Crippen LogP contribution in [0, 0.1) is 0 Å². The highest BCUT2D eigenvalue weighted by Gasteiger charge is 2.16. The first-order valence-electron chi connectivity index (χ1n) is 8.62. The zero-order chi connectivity index (χ0) is 19.7. The van der Waals surface area contributed by atoms with Crippen LogP contribution in [0.25, 0.3) is 22.0 Å². The number of aliphatic carboxylic acids is 1. The SMILES string of the molecule is O=C(O)Cc1cc(Cl)cc(-c2cn(S(=O)c3ccccc3)c3ccccc23)c1. The molecule has 0 aliphatic carbocycles. The first kappa shape index (κ1) is 18.5. The van der Waals surface area contributed by atoms with Crippen molar-refractivity contribution in [2.75, 3.05) is 0 Å². The Kier molecular flexibility index (Phi) is 5.03. The van der Waals surface area contributed by atoms with Crippen molar-refractivity contribution in [1.29, 1.82) is 0 Å². The summed E-state index contributed by atoms with van der Waals surface area (Å²) in [5.74, 6) is -0.916. The third-order valence-corrected chi connectivity index (χ3v) is 5.98. The summed E-state index contributed by atoms with van der Waals surface area (Å²) in [4.78, 5) is 11.8. The Morgan fingerprint density at radius 2 is 1.71 bits per heavy atom. The monoisotopic (exact) mass is 409 g/mol. The molecule has 3 aromatic carbocycles. The second-order valence-electron chi connectivity index (χ2n) is 6.37. The van der Waals surface area contributed by atoms with Crippen LogP contribution in [0.15, 0.2) is 83.9 Å². The number of fused-ring (bicyclic) bond motifs is 1. The number of rotatable bonds is 5. The van der Waals surface area contributed by atoms with Gasteiger partial charge in [-0.1, -0.05) is 54.1 Å². The molecule has 4 rings (SSSR count). The molecule has 4 aromatic rings. The molecule has 1 N–H and O–H groups in total. The number of aromatic nitrogens is 1. The zero-order valence-electron chi connectivity index (χ0n) is 14.7. The Labute approximate surface area is 169 Å². The molecule has 28 heavy (non-hydrogen) atoms. The van der Waals surface area contributed by atoms with Gasteiger partial charge in [0.25, 0.3) is 0 Å². The van der Waals surface area contributed by atoms with E-state index in [0.717, 1.165) is 22.0 Å². The average molecular weight is 410 g/mol. The van der Waals surface area contributed by atoms with Crippen molar-refractivity contribution in [2.24, 2.45) is 0 Å². The molecule has 6 heteroatoms. The minimum atomic E-state index is -1.40. The molecule has 1 unspecified atom stereocenters. The Morgan fingerprint density at radius 3 is 2.46 bits per heavy atom. The third kappa shape index (κ3) is 3.59. The second-order valence-corrected chi connectivity index (χ2v) is 8.17. The smallest absolute Gasteiger partial charge is 0.307 e. The molecule has 0 saturated carbocycles. The number of hydrogen-bond acceptors (Lipinski definition) is 2. The van der Waals surface area contributed by atoms with E-state index < -0.39 is 17.0 Å². The van der Waals surface area contributed by atoms with Crippen molar-refractivity contribution in [2.45, 2.75) is 11.3 Å². The maximum absolute atomic E-state index is 13.2. The molecule has 140 valence electrons. The van der Waals surface area contributed by atoms with E-state index in [9.17, 15) is 9.00 Å². The average Bonchev–Trinajstić information content (AvgIpc) is 3.07. The fourth-order valence-corrected chi connectivity index (χ4v) is 4.66. The van der Waals surface area contributed by atoms with E-state index in [1.54, 1.807) is 16.1 Å². The molecule has 1 atom stereocenters. The largest absolute Gasteiger partial charge is 0.481 e. The molecule has 0 spiro atoms. The van der Waals surface area contributed by atoms with Gasteiger partial charge in [-0.05, 0) is 41.5 Å². The molecule has 4 nitrogen and oxygen atoms in total. The van der Waals surface area contributed by atoms with Crippen LogP contribution < -0.4 is 0 Å². The van der Waals surface area contributed by atoms with Crippen molar-refractivity contribution in [3.63, 3.8) is 0 Å². The molecule has 0 saturated heterocycles. The van der Waals surface area contributed by atoms with Gasteiger partial charge in [0.1, 0.15) is 0 Å². The van der Waals surface area contributed by atoms with Gasteiger partial charge in [-0.25, -0.2) is 4.21 Å². The number of carboxylic acids is 1. The van der Waals surface area contributed by atoms with E-state index in [2.05, 4.69) is 0 Å². The molecule has 0 radical (unpaired) electrons. The van der Waals surface area contributed by atoms with Crippen LogP contribution in [-0.2, 0) is 22.2 Å². The van der Waals surface area contributed by atoms with Gasteiger partial charge in [-0.2, -0.15) is 0 Å². The van der Waals surface area contributed by atoms with Crippen LogP contribution in [0.5, 0.6) is 0 Å². The number of carbonyl (C=O) groups is 1. The van der Waals surface area contributed by atoms with Gasteiger partial charge in [0.15, 0.2) is 11.0 Å². The first-order valence-corrected chi connectivity index (χ1v) is 10.1. The van der Waals surface area contributed by atoms with E-state index in [-0.39, 0.29) is 6.42 Å². The van der Waals surface area contributed by atoms with E-state index in [1.165, 1.54) is 0 Å². The number of halogens is 1. The van der Waals surface area contributed by atoms with Gasteiger partial charge in [-0.15, -0.1) is 0 Å². The lowest BCUT2D eigenvalue weighted by molar-refractivity contribution is -0.136. The summed E-state index contributed by atoms with van der Waals surface area (Å²) in [7, 11) is -1.40. The fraction of sp³-hybridized carbons (Fsp3) is 0.0455. The summed E-state index contributed by atoms with van der Waals surface area (Å²) < 4.78 is 14.9. The minimum Gasteiger partial charge on any atom is -0.481 e. The minimum absolute atomic E-state index is 0.109. The predicted octanol–water partition coefficient (Wildman–Crippen LogP) is 5.16. The standard InChI is InChI=1S/C22H16ClNO3S/c23-17-11-15(12-22(25)26)10-16(13-17)20-14-24(21-9-5-4-8-19(20)21)28(27)18-6-2-1-3-7-18/h1-11,13-14H,12H2,(H,25,26). The highest BCUT2D eigenvalue weighted by molar-refractivity contribution is 7.83. The summed E-state index contributed by atoms with van der Waals surface area (Å²) in [6.07, 6.45) is 1.73. The topological polar surface area (TPSA) is 59.3 Å². The molecule has 0 bridgehead atoms. The molecule has 0 aliphatic heterocycles. The van der Waals surface area contributed by atoms with Crippen molar-refractivity contribution in [1.82, 2.24) is 3.97 Å². The molecule has 1 aromatic heterocycles. The summed E-state index contributed by atoms with van der Waals surface area (Å²) in [6.45, 7) is 0. The number of hydrogen-bond donors (Lipinski definition) is 1. The van der Waals surface area contributed by atoms with Crippen LogP contribution >= 0.6 is 11.6 Å². The van der Waals surface area contributed by atoms with E-state index in [4.69, 9.17) is 16.7 Å². The summed E-state index contributed by atoms with van der Waals surface area (Å²) in [5.41, 5.74) is 3.10. The van der Waals surface area contributed by atoms with Gasteiger partial charge in [0.05, 0.1) is 16.8 Å². The third-order valence-electron chi connectivity index (χ3n) is 4.43. The van der Waals surface area contributed by atoms with Gasteiger partial charge < -0.3 is 5.11 Å². The Bertz CT molecular complexity index is 1200. The second kappa shape index (κ2) is 7.62. The van der Waals surface area contributed by atoms with Gasteiger partial charge >= 0.3 is 5.97 Å². The van der Waals surface area contributed by atoms with Crippen LogP contribution in [0.1, 0.15) is 5.56 Å². The Morgan fingerprint density at radius 1 is 1.00 bits per heavy atom. The van der Waals surface area contributed by atoms with Crippen LogP contribution in [0.2, 0.25) is 5.02 Å². The summed E-state index contributed by atoms with van der Waals surface area (Å²) >= 11 is 6.24. The quantitative estimate of drug-likeness (QED) is 0.495. The molecule has 0 fully saturated rings. The maximum Gasteiger partial charge on any atom is 0.307 e. The molecular formula is C22H16ClNO3S. The van der Waals surface area contributed by atoms with Crippen molar-refractivity contribution < 1.29 is 14.1 Å². The van der Waals surface area contributed by atoms with Crippen LogP contribution in [-0.4, -0.2) is 19.3 Å². The molecule has 0 amide bonds. The van der Waals surface area contributed by atoms with Gasteiger partial charge in [0, 0.05) is 22.2 Å². The first-order chi connectivity index (χ1) is 13.5. The van der Waals surface area contributed by atoms with Crippen LogP contribution in [0.4, 0.5) is 0 Å². The van der Waals surface area contributed by atoms with E-state index in [1.807, 2.05) is 66.9 Å². The fourth-order valence-electron chi connectivity index (χ4n) is 3.25. The maximum atomic E-state index is 13.2.